The third kappa shape index (κ3) is 2.12. The fraction of sp³-hybridized carbons (Fsp3) is 1.00. The second-order valence-electron chi connectivity index (χ2n) is 5.32. The van der Waals surface area contributed by atoms with Crippen molar-refractivity contribution in [2.45, 2.75) is 51.5 Å². The highest BCUT2D eigenvalue weighted by Crippen LogP contribution is 2.48. The van der Waals surface area contributed by atoms with Crippen molar-refractivity contribution in [2.24, 2.45) is 11.1 Å². The van der Waals surface area contributed by atoms with Crippen LogP contribution in [0.5, 0.6) is 0 Å². The minimum Gasteiger partial charge on any atom is -0.327 e. The van der Waals surface area contributed by atoms with E-state index < -0.39 is 0 Å². The molecule has 2 nitrogen and oxygen atoms in total. The van der Waals surface area contributed by atoms with E-state index in [9.17, 15) is 0 Å². The molecule has 1 saturated carbocycles. The minimum absolute atomic E-state index is 0.394. The summed E-state index contributed by atoms with van der Waals surface area (Å²) in [5, 5.41) is 0. The molecule has 1 spiro atoms. The summed E-state index contributed by atoms with van der Waals surface area (Å²) in [5.41, 5.74) is 6.76. The third-order valence-electron chi connectivity index (χ3n) is 4.35. The highest BCUT2D eigenvalue weighted by molar-refractivity contribution is 4.92. The summed E-state index contributed by atoms with van der Waals surface area (Å²) in [7, 11) is 0. The van der Waals surface area contributed by atoms with Crippen LogP contribution in [0.1, 0.15) is 45.4 Å². The van der Waals surface area contributed by atoms with Crippen LogP contribution in [0.3, 0.4) is 0 Å². The fourth-order valence-electron chi connectivity index (χ4n) is 2.85. The largest absolute Gasteiger partial charge is 0.327 e. The van der Waals surface area contributed by atoms with Crippen LogP contribution in [0, 0.1) is 5.41 Å². The molecule has 0 aromatic carbocycles. The van der Waals surface area contributed by atoms with Crippen molar-refractivity contribution in [3.63, 3.8) is 0 Å². The van der Waals surface area contributed by atoms with Crippen LogP contribution in [0.25, 0.3) is 0 Å². The van der Waals surface area contributed by atoms with Crippen LogP contribution in [-0.2, 0) is 0 Å². The van der Waals surface area contributed by atoms with Crippen molar-refractivity contribution in [3.05, 3.63) is 0 Å². The first-order valence-corrected chi connectivity index (χ1v) is 6.22. The van der Waals surface area contributed by atoms with E-state index in [-0.39, 0.29) is 0 Å². The van der Waals surface area contributed by atoms with E-state index in [1.165, 1.54) is 45.2 Å². The molecule has 2 aliphatic rings. The molecule has 82 valence electrons. The Balaban J connectivity index is 1.73. The molecule has 2 heteroatoms. The predicted octanol–water partition coefficient (Wildman–Crippen LogP) is 1.99. The molecule has 1 aliphatic heterocycles. The molecular weight excluding hydrogens is 172 g/mol. The Labute approximate surface area is 87.8 Å². The van der Waals surface area contributed by atoms with Crippen LogP contribution in [0.4, 0.5) is 0 Å². The number of likely N-dealkylation sites (tertiary alicyclic amines) is 1. The number of nitrogens with two attached hydrogens (primary N) is 1. The molecule has 0 radical (unpaired) electrons. The van der Waals surface area contributed by atoms with E-state index in [4.69, 9.17) is 5.73 Å². The third-order valence-corrected chi connectivity index (χ3v) is 4.35. The van der Waals surface area contributed by atoms with Crippen molar-refractivity contribution in [2.75, 3.05) is 19.6 Å². The van der Waals surface area contributed by atoms with E-state index >= 15 is 0 Å². The smallest absolute Gasteiger partial charge is 0.0165 e. The van der Waals surface area contributed by atoms with Gasteiger partial charge in [0.05, 0.1) is 0 Å². The average molecular weight is 196 g/mol. The van der Waals surface area contributed by atoms with Gasteiger partial charge in [0.1, 0.15) is 0 Å². The van der Waals surface area contributed by atoms with Gasteiger partial charge in [-0.2, -0.15) is 0 Å². The lowest BCUT2D eigenvalue weighted by atomic mass is 9.63. The van der Waals surface area contributed by atoms with E-state index in [1.54, 1.807) is 0 Å². The van der Waals surface area contributed by atoms with Crippen molar-refractivity contribution in [3.8, 4) is 0 Å². The van der Waals surface area contributed by atoms with Gasteiger partial charge in [0.15, 0.2) is 0 Å². The molecule has 0 amide bonds. The van der Waals surface area contributed by atoms with Gasteiger partial charge in [-0.15, -0.1) is 0 Å². The number of piperidine rings is 1. The van der Waals surface area contributed by atoms with Gasteiger partial charge in [0, 0.05) is 12.6 Å². The first-order chi connectivity index (χ1) is 6.74. The average Bonchev–Trinajstić information content (AvgIpc) is 2.16. The maximum atomic E-state index is 5.98. The summed E-state index contributed by atoms with van der Waals surface area (Å²) in [5.74, 6) is 0. The highest BCUT2D eigenvalue weighted by atomic mass is 15.1. The molecule has 14 heavy (non-hydrogen) atoms. The summed E-state index contributed by atoms with van der Waals surface area (Å²) < 4.78 is 0. The first-order valence-electron chi connectivity index (χ1n) is 6.22. The van der Waals surface area contributed by atoms with Crippen LogP contribution >= 0.6 is 0 Å². The molecule has 1 aliphatic carbocycles. The van der Waals surface area contributed by atoms with Gasteiger partial charge in [-0.25, -0.2) is 0 Å². The lowest BCUT2D eigenvalue weighted by Gasteiger charge is -2.48. The summed E-state index contributed by atoms with van der Waals surface area (Å²) >= 11 is 0. The number of nitrogens with zero attached hydrogens (tertiary/aromatic N) is 1. The quantitative estimate of drug-likeness (QED) is 0.748. The SMILES string of the molecule is CC[C@@H](N)CN1CCC2(CCC2)CC1. The van der Waals surface area contributed by atoms with Gasteiger partial charge in [-0.3, -0.25) is 0 Å². The van der Waals surface area contributed by atoms with Gasteiger partial charge in [-0.05, 0) is 50.6 Å². The van der Waals surface area contributed by atoms with Crippen LogP contribution in [-0.4, -0.2) is 30.6 Å². The lowest BCUT2D eigenvalue weighted by Crippen LogP contribution is -2.47. The second kappa shape index (κ2) is 4.19. The van der Waals surface area contributed by atoms with Gasteiger partial charge in [-0.1, -0.05) is 13.3 Å². The number of rotatable bonds is 3. The Kier molecular flexibility index (Phi) is 3.13. The van der Waals surface area contributed by atoms with E-state index in [0.29, 0.717) is 6.04 Å². The summed E-state index contributed by atoms with van der Waals surface area (Å²) in [6.07, 6.45) is 8.46. The Morgan fingerprint density at radius 1 is 1.21 bits per heavy atom. The minimum atomic E-state index is 0.394. The standard InChI is InChI=1S/C12H24N2/c1-2-11(13)10-14-8-6-12(7-9-14)4-3-5-12/h11H,2-10,13H2,1H3/t11-/m1/s1. The van der Waals surface area contributed by atoms with Crippen LogP contribution < -0.4 is 5.73 Å². The predicted molar refractivity (Wildman–Crippen MR) is 60.2 cm³/mol. The molecule has 1 atom stereocenters. The zero-order chi connectivity index (χ0) is 10.0. The van der Waals surface area contributed by atoms with Crippen LogP contribution in [0.15, 0.2) is 0 Å². The Bertz CT molecular complexity index is 177. The van der Waals surface area contributed by atoms with Gasteiger partial charge in [0.25, 0.3) is 0 Å². The molecule has 2 fully saturated rings. The topological polar surface area (TPSA) is 29.3 Å². The molecule has 1 saturated heterocycles. The molecule has 1 heterocycles. The summed E-state index contributed by atoms with van der Waals surface area (Å²) in [6.45, 7) is 5.90. The maximum Gasteiger partial charge on any atom is 0.0165 e. The zero-order valence-electron chi connectivity index (χ0n) is 9.47. The summed E-state index contributed by atoms with van der Waals surface area (Å²) in [4.78, 5) is 2.57. The van der Waals surface area contributed by atoms with Gasteiger partial charge >= 0.3 is 0 Å². The molecule has 0 aromatic heterocycles. The van der Waals surface area contributed by atoms with Crippen molar-refractivity contribution in [1.82, 2.24) is 4.90 Å². The van der Waals surface area contributed by atoms with Crippen molar-refractivity contribution < 1.29 is 0 Å². The highest BCUT2D eigenvalue weighted by Gasteiger charge is 2.39. The molecule has 0 bridgehead atoms. The first kappa shape index (κ1) is 10.4. The zero-order valence-corrected chi connectivity index (χ0v) is 9.47. The Morgan fingerprint density at radius 2 is 1.86 bits per heavy atom. The van der Waals surface area contributed by atoms with Crippen LogP contribution in [0.2, 0.25) is 0 Å². The van der Waals surface area contributed by atoms with Gasteiger partial charge < -0.3 is 10.6 Å². The van der Waals surface area contributed by atoms with E-state index in [2.05, 4.69) is 11.8 Å². The Hall–Kier alpha value is -0.0800. The van der Waals surface area contributed by atoms with E-state index in [0.717, 1.165) is 18.4 Å². The molecular formula is C12H24N2. The Morgan fingerprint density at radius 3 is 2.29 bits per heavy atom. The fourth-order valence-corrected chi connectivity index (χ4v) is 2.85. The van der Waals surface area contributed by atoms with Gasteiger partial charge in [0.2, 0.25) is 0 Å². The van der Waals surface area contributed by atoms with Crippen molar-refractivity contribution >= 4 is 0 Å². The monoisotopic (exact) mass is 196 g/mol. The molecule has 2 rings (SSSR count). The second-order valence-corrected chi connectivity index (χ2v) is 5.32. The lowest BCUT2D eigenvalue weighted by molar-refractivity contribution is 0.0313. The molecule has 0 aromatic rings. The summed E-state index contributed by atoms with van der Waals surface area (Å²) in [6, 6.07) is 0.394. The van der Waals surface area contributed by atoms with E-state index in [1.807, 2.05) is 0 Å². The molecule has 0 unspecified atom stereocenters. The normalized spacial score (nSPS) is 28.7. The van der Waals surface area contributed by atoms with Crippen molar-refractivity contribution in [1.29, 1.82) is 0 Å². The number of hydrogen-bond acceptors (Lipinski definition) is 2. The molecule has 2 N–H and O–H groups in total. The number of hydrogen-bond donors (Lipinski definition) is 1. The maximum absolute atomic E-state index is 5.98.